The lowest BCUT2D eigenvalue weighted by molar-refractivity contribution is -0.140. The van der Waals surface area contributed by atoms with Gasteiger partial charge in [0.1, 0.15) is 6.04 Å². The summed E-state index contributed by atoms with van der Waals surface area (Å²) in [5, 5.41) is 0. The SMILES string of the molecule is C=C1CCC(N2C(=O)c3ccc(N)cc3C2=O)C(=O)N1C(C)(C)C. The lowest BCUT2D eigenvalue weighted by Gasteiger charge is -2.44. The Morgan fingerprint density at radius 2 is 1.75 bits per heavy atom. The van der Waals surface area contributed by atoms with Gasteiger partial charge in [-0.3, -0.25) is 19.3 Å². The van der Waals surface area contributed by atoms with Gasteiger partial charge in [0.15, 0.2) is 0 Å². The third-order valence-electron chi connectivity index (χ3n) is 4.45. The first kappa shape index (κ1) is 16.2. The molecule has 0 bridgehead atoms. The molecule has 1 atom stereocenters. The minimum absolute atomic E-state index is 0.263. The molecule has 6 heteroatoms. The molecule has 1 aromatic rings. The minimum Gasteiger partial charge on any atom is -0.399 e. The normalized spacial score (nSPS) is 21.5. The van der Waals surface area contributed by atoms with Crippen LogP contribution in [0.1, 0.15) is 54.3 Å². The van der Waals surface area contributed by atoms with Gasteiger partial charge < -0.3 is 10.6 Å². The maximum absolute atomic E-state index is 13.0. The molecule has 1 aromatic carbocycles. The van der Waals surface area contributed by atoms with Crippen molar-refractivity contribution in [3.63, 3.8) is 0 Å². The summed E-state index contributed by atoms with van der Waals surface area (Å²) >= 11 is 0. The van der Waals surface area contributed by atoms with E-state index in [0.29, 0.717) is 29.8 Å². The van der Waals surface area contributed by atoms with Gasteiger partial charge in [0.2, 0.25) is 0 Å². The molecule has 24 heavy (non-hydrogen) atoms. The van der Waals surface area contributed by atoms with Crippen LogP contribution in [0, 0.1) is 0 Å². The van der Waals surface area contributed by atoms with E-state index in [9.17, 15) is 14.4 Å². The van der Waals surface area contributed by atoms with E-state index >= 15 is 0 Å². The molecule has 0 aliphatic carbocycles. The van der Waals surface area contributed by atoms with Crippen molar-refractivity contribution in [2.24, 2.45) is 0 Å². The molecule has 1 saturated heterocycles. The van der Waals surface area contributed by atoms with E-state index in [1.54, 1.807) is 17.0 Å². The lowest BCUT2D eigenvalue weighted by Crippen LogP contribution is -2.57. The molecule has 6 nitrogen and oxygen atoms in total. The molecule has 2 N–H and O–H groups in total. The number of nitrogens with zero attached hydrogens (tertiary/aromatic N) is 2. The van der Waals surface area contributed by atoms with Crippen LogP contribution in [0.25, 0.3) is 0 Å². The summed E-state index contributed by atoms with van der Waals surface area (Å²) in [5.41, 5.74) is 6.94. The van der Waals surface area contributed by atoms with Gasteiger partial charge in [-0.05, 0) is 51.8 Å². The largest absolute Gasteiger partial charge is 0.399 e. The molecular weight excluding hydrogens is 306 g/mol. The van der Waals surface area contributed by atoms with E-state index in [-0.39, 0.29) is 11.5 Å². The zero-order valence-corrected chi connectivity index (χ0v) is 14.1. The van der Waals surface area contributed by atoms with Gasteiger partial charge in [0, 0.05) is 16.9 Å². The zero-order chi connectivity index (χ0) is 17.8. The summed E-state index contributed by atoms with van der Waals surface area (Å²) in [6.45, 7) is 9.68. The summed E-state index contributed by atoms with van der Waals surface area (Å²) in [4.78, 5) is 41.0. The van der Waals surface area contributed by atoms with E-state index in [1.165, 1.54) is 6.07 Å². The fourth-order valence-corrected chi connectivity index (χ4v) is 3.45. The standard InChI is InChI=1S/C18H21N3O3/c1-10-5-8-14(17(24)21(10)18(2,3)4)20-15(22)12-7-6-11(19)9-13(12)16(20)23/h6-7,9,14H,1,5,8,19H2,2-4H3. The number of likely N-dealkylation sites (tertiary alicyclic amines) is 1. The van der Waals surface area contributed by atoms with Gasteiger partial charge in [-0.2, -0.15) is 0 Å². The van der Waals surface area contributed by atoms with Crippen molar-refractivity contribution >= 4 is 23.4 Å². The number of imide groups is 1. The number of nitrogen functional groups attached to an aromatic ring is 1. The Hall–Kier alpha value is -2.63. The Bertz CT molecular complexity index is 776. The van der Waals surface area contributed by atoms with Gasteiger partial charge in [0.25, 0.3) is 17.7 Å². The molecule has 0 aromatic heterocycles. The van der Waals surface area contributed by atoms with Crippen molar-refractivity contribution < 1.29 is 14.4 Å². The van der Waals surface area contributed by atoms with Crippen LogP contribution in [0.5, 0.6) is 0 Å². The lowest BCUT2D eigenvalue weighted by atomic mass is 9.94. The highest BCUT2D eigenvalue weighted by atomic mass is 16.2. The van der Waals surface area contributed by atoms with Crippen molar-refractivity contribution in [3.05, 3.63) is 41.6 Å². The maximum atomic E-state index is 13.0. The van der Waals surface area contributed by atoms with Gasteiger partial charge >= 0.3 is 0 Å². The molecule has 0 saturated carbocycles. The number of hydrogen-bond acceptors (Lipinski definition) is 4. The molecule has 126 valence electrons. The quantitative estimate of drug-likeness (QED) is 0.633. The second-order valence-electron chi connectivity index (χ2n) is 7.25. The van der Waals surface area contributed by atoms with Crippen LogP contribution >= 0.6 is 0 Å². The van der Waals surface area contributed by atoms with Gasteiger partial charge in [-0.1, -0.05) is 6.58 Å². The Balaban J connectivity index is 1.98. The average Bonchev–Trinajstić information content (AvgIpc) is 2.70. The molecule has 2 aliphatic rings. The first-order chi connectivity index (χ1) is 11.1. The summed E-state index contributed by atoms with van der Waals surface area (Å²) in [5.74, 6) is -1.15. The number of hydrogen-bond donors (Lipinski definition) is 1. The van der Waals surface area contributed by atoms with Gasteiger partial charge in [-0.25, -0.2) is 0 Å². The van der Waals surface area contributed by atoms with Crippen LogP contribution < -0.4 is 5.73 Å². The number of carbonyl (C=O) groups excluding carboxylic acids is 3. The van der Waals surface area contributed by atoms with Crippen LogP contribution in [-0.2, 0) is 4.79 Å². The number of amides is 3. The highest BCUT2D eigenvalue weighted by molar-refractivity contribution is 6.23. The second kappa shape index (κ2) is 5.19. The number of rotatable bonds is 1. The van der Waals surface area contributed by atoms with Crippen LogP contribution in [0.3, 0.4) is 0 Å². The molecule has 2 aliphatic heterocycles. The van der Waals surface area contributed by atoms with Crippen molar-refractivity contribution in [2.45, 2.75) is 45.2 Å². The van der Waals surface area contributed by atoms with Crippen molar-refractivity contribution in [2.75, 3.05) is 5.73 Å². The summed E-state index contributed by atoms with van der Waals surface area (Å²) < 4.78 is 0. The van der Waals surface area contributed by atoms with E-state index in [0.717, 1.165) is 4.90 Å². The fourth-order valence-electron chi connectivity index (χ4n) is 3.45. The van der Waals surface area contributed by atoms with Crippen LogP contribution in [0.15, 0.2) is 30.5 Å². The molecule has 1 fully saturated rings. The molecule has 0 spiro atoms. The minimum atomic E-state index is -0.802. The van der Waals surface area contributed by atoms with Crippen LogP contribution in [-0.4, -0.2) is 39.1 Å². The van der Waals surface area contributed by atoms with E-state index in [4.69, 9.17) is 5.73 Å². The molecule has 2 heterocycles. The van der Waals surface area contributed by atoms with Crippen molar-refractivity contribution in [1.29, 1.82) is 0 Å². The molecule has 3 rings (SSSR count). The third kappa shape index (κ3) is 2.29. The topological polar surface area (TPSA) is 83.7 Å². The predicted octanol–water partition coefficient (Wildman–Crippen LogP) is 2.17. The first-order valence-corrected chi connectivity index (χ1v) is 7.92. The highest BCUT2D eigenvalue weighted by Gasteiger charge is 2.47. The molecular formula is C18H21N3O3. The Labute approximate surface area is 140 Å². The summed E-state index contributed by atoms with van der Waals surface area (Å²) in [6, 6.07) is 3.81. The van der Waals surface area contributed by atoms with Crippen LogP contribution in [0.2, 0.25) is 0 Å². The number of nitrogens with two attached hydrogens (primary N) is 1. The van der Waals surface area contributed by atoms with Crippen molar-refractivity contribution in [3.8, 4) is 0 Å². The van der Waals surface area contributed by atoms with E-state index in [2.05, 4.69) is 6.58 Å². The number of carbonyl (C=O) groups is 3. The second-order valence-corrected chi connectivity index (χ2v) is 7.25. The van der Waals surface area contributed by atoms with Gasteiger partial charge in [0.05, 0.1) is 11.1 Å². The molecule has 0 radical (unpaired) electrons. The number of fused-ring (bicyclic) bond motifs is 1. The Morgan fingerprint density at radius 1 is 1.12 bits per heavy atom. The highest BCUT2D eigenvalue weighted by Crippen LogP contribution is 2.34. The zero-order valence-electron chi connectivity index (χ0n) is 14.1. The van der Waals surface area contributed by atoms with Gasteiger partial charge in [-0.15, -0.1) is 0 Å². The average molecular weight is 327 g/mol. The number of piperidine rings is 1. The number of allylic oxidation sites excluding steroid dienone is 1. The number of benzene rings is 1. The predicted molar refractivity (Wildman–Crippen MR) is 90.1 cm³/mol. The monoisotopic (exact) mass is 327 g/mol. The molecule has 1 unspecified atom stereocenters. The number of anilines is 1. The van der Waals surface area contributed by atoms with E-state index in [1.807, 2.05) is 20.8 Å². The Morgan fingerprint density at radius 3 is 2.38 bits per heavy atom. The maximum Gasteiger partial charge on any atom is 0.262 e. The molecule has 3 amide bonds. The fraction of sp³-hybridized carbons (Fsp3) is 0.389. The summed E-state index contributed by atoms with van der Waals surface area (Å²) in [6.07, 6.45) is 0.953. The van der Waals surface area contributed by atoms with E-state index < -0.39 is 23.4 Å². The first-order valence-electron chi connectivity index (χ1n) is 7.92. The summed E-state index contributed by atoms with van der Waals surface area (Å²) in [7, 11) is 0. The Kier molecular flexibility index (Phi) is 3.51. The third-order valence-corrected chi connectivity index (χ3v) is 4.45. The van der Waals surface area contributed by atoms with Crippen molar-refractivity contribution in [1.82, 2.24) is 9.80 Å². The smallest absolute Gasteiger partial charge is 0.262 e. The van der Waals surface area contributed by atoms with Crippen LogP contribution in [0.4, 0.5) is 5.69 Å².